The second kappa shape index (κ2) is 6.97. The van der Waals surface area contributed by atoms with Crippen LogP contribution in [-0.4, -0.2) is 6.04 Å². The molecule has 0 saturated carbocycles. The molecule has 2 rings (SSSR count). The molecule has 1 unspecified atom stereocenters. The number of ether oxygens (including phenoxy) is 1. The minimum atomic E-state index is 0.221. The van der Waals surface area contributed by atoms with E-state index in [9.17, 15) is 0 Å². The summed E-state index contributed by atoms with van der Waals surface area (Å²) in [5.74, 6) is 1.64. The molecule has 1 atom stereocenters. The molecule has 2 aromatic rings. The third-order valence-corrected chi connectivity index (χ3v) is 4.19. The molecule has 2 N–H and O–H groups in total. The molecular formula is C18H22ClNO. The first kappa shape index (κ1) is 15.9. The van der Waals surface area contributed by atoms with Crippen LogP contribution in [0.25, 0.3) is 0 Å². The van der Waals surface area contributed by atoms with E-state index in [1.807, 2.05) is 38.1 Å². The maximum Gasteiger partial charge on any atom is 0.128 e. The zero-order chi connectivity index (χ0) is 15.4. The molecule has 112 valence electrons. The van der Waals surface area contributed by atoms with Gasteiger partial charge in [-0.1, -0.05) is 30.7 Å². The summed E-state index contributed by atoms with van der Waals surface area (Å²) >= 11 is 6.17. The zero-order valence-corrected chi connectivity index (χ0v) is 13.6. The topological polar surface area (TPSA) is 35.2 Å². The lowest BCUT2D eigenvalue weighted by Crippen LogP contribution is -2.21. The van der Waals surface area contributed by atoms with Gasteiger partial charge in [-0.25, -0.2) is 0 Å². The van der Waals surface area contributed by atoms with E-state index < -0.39 is 0 Å². The normalized spacial score (nSPS) is 12.2. The van der Waals surface area contributed by atoms with Crippen LogP contribution in [0.3, 0.4) is 0 Å². The Morgan fingerprint density at radius 2 is 1.62 bits per heavy atom. The number of benzene rings is 2. The third kappa shape index (κ3) is 4.23. The van der Waals surface area contributed by atoms with Crippen LogP contribution < -0.4 is 10.5 Å². The molecule has 2 nitrogen and oxygen atoms in total. The first-order valence-electron chi connectivity index (χ1n) is 7.28. The first-order valence-corrected chi connectivity index (χ1v) is 7.66. The largest absolute Gasteiger partial charge is 0.457 e. The van der Waals surface area contributed by atoms with Crippen molar-refractivity contribution in [3.63, 3.8) is 0 Å². The van der Waals surface area contributed by atoms with Gasteiger partial charge in [0.05, 0.1) is 0 Å². The number of hydrogen-bond donors (Lipinski definition) is 1. The molecule has 0 bridgehead atoms. The molecule has 21 heavy (non-hydrogen) atoms. The van der Waals surface area contributed by atoms with Crippen molar-refractivity contribution >= 4 is 11.6 Å². The van der Waals surface area contributed by atoms with Crippen LogP contribution in [-0.2, 0) is 6.42 Å². The number of halogens is 1. The average molecular weight is 304 g/mol. The van der Waals surface area contributed by atoms with Crippen molar-refractivity contribution in [2.75, 3.05) is 0 Å². The molecule has 0 aliphatic heterocycles. The summed E-state index contributed by atoms with van der Waals surface area (Å²) in [6.45, 7) is 6.07. The van der Waals surface area contributed by atoms with E-state index >= 15 is 0 Å². The highest BCUT2D eigenvalue weighted by Crippen LogP contribution is 2.29. The van der Waals surface area contributed by atoms with Gasteiger partial charge in [0.25, 0.3) is 0 Å². The van der Waals surface area contributed by atoms with Gasteiger partial charge in [-0.15, -0.1) is 0 Å². The molecule has 0 spiro atoms. The highest BCUT2D eigenvalue weighted by molar-refractivity contribution is 6.32. The van der Waals surface area contributed by atoms with Crippen molar-refractivity contribution in [1.29, 1.82) is 0 Å². The summed E-state index contributed by atoms with van der Waals surface area (Å²) < 4.78 is 5.89. The molecule has 3 heteroatoms. The minimum absolute atomic E-state index is 0.221. The van der Waals surface area contributed by atoms with Crippen LogP contribution in [0.5, 0.6) is 11.5 Å². The SMILES string of the molecule is CCC(N)Cc1ccc(Oc2cc(C)c(Cl)c(C)c2)cc1. The Labute approximate surface area is 131 Å². The van der Waals surface area contributed by atoms with Crippen molar-refractivity contribution in [1.82, 2.24) is 0 Å². The molecule has 0 heterocycles. The lowest BCUT2D eigenvalue weighted by molar-refractivity contribution is 0.481. The van der Waals surface area contributed by atoms with Crippen LogP contribution in [0.2, 0.25) is 5.02 Å². The molecule has 0 radical (unpaired) electrons. The number of rotatable bonds is 5. The van der Waals surface area contributed by atoms with Gasteiger partial charge in [-0.05, 0) is 67.6 Å². The Bertz CT molecular complexity index is 584. The fourth-order valence-electron chi connectivity index (χ4n) is 2.24. The summed E-state index contributed by atoms with van der Waals surface area (Å²) in [5.41, 5.74) is 9.26. The highest BCUT2D eigenvalue weighted by atomic mass is 35.5. The standard InChI is InChI=1S/C18H22ClNO/c1-4-15(20)11-14-5-7-16(8-6-14)21-17-9-12(2)18(19)13(3)10-17/h5-10,15H,4,11,20H2,1-3H3. The molecule has 0 amide bonds. The van der Waals surface area contributed by atoms with Crippen LogP contribution in [0, 0.1) is 13.8 Å². The second-order valence-corrected chi connectivity index (χ2v) is 5.87. The minimum Gasteiger partial charge on any atom is -0.457 e. The van der Waals surface area contributed by atoms with E-state index in [4.69, 9.17) is 22.1 Å². The van der Waals surface area contributed by atoms with Gasteiger partial charge in [-0.2, -0.15) is 0 Å². The van der Waals surface area contributed by atoms with Crippen molar-refractivity contribution in [3.05, 3.63) is 58.1 Å². The highest BCUT2D eigenvalue weighted by Gasteiger charge is 2.06. The van der Waals surface area contributed by atoms with Crippen LogP contribution in [0.15, 0.2) is 36.4 Å². The van der Waals surface area contributed by atoms with Gasteiger partial charge in [0, 0.05) is 11.1 Å². The second-order valence-electron chi connectivity index (χ2n) is 5.49. The quantitative estimate of drug-likeness (QED) is 0.841. The van der Waals surface area contributed by atoms with E-state index in [1.54, 1.807) is 0 Å². The summed E-state index contributed by atoms with van der Waals surface area (Å²) in [4.78, 5) is 0. The lowest BCUT2D eigenvalue weighted by Gasteiger charge is -2.11. The fourth-order valence-corrected chi connectivity index (χ4v) is 2.35. The molecule has 0 aliphatic carbocycles. The molecule has 2 aromatic carbocycles. The average Bonchev–Trinajstić information content (AvgIpc) is 2.46. The molecule has 0 aliphatic rings. The van der Waals surface area contributed by atoms with Gasteiger partial charge in [0.1, 0.15) is 11.5 Å². The summed E-state index contributed by atoms with van der Waals surface area (Å²) in [6.07, 6.45) is 1.89. The van der Waals surface area contributed by atoms with Crippen molar-refractivity contribution in [3.8, 4) is 11.5 Å². The summed E-state index contributed by atoms with van der Waals surface area (Å²) in [6, 6.07) is 12.2. The molecule has 0 fully saturated rings. The van der Waals surface area contributed by atoms with Crippen molar-refractivity contribution in [2.45, 2.75) is 39.7 Å². The molecule has 0 aromatic heterocycles. The molecule has 0 saturated heterocycles. The van der Waals surface area contributed by atoms with E-state index in [2.05, 4.69) is 19.1 Å². The Morgan fingerprint density at radius 3 is 2.14 bits per heavy atom. The summed E-state index contributed by atoms with van der Waals surface area (Å²) in [7, 11) is 0. The number of aryl methyl sites for hydroxylation is 2. The van der Waals surface area contributed by atoms with Gasteiger partial charge in [0.2, 0.25) is 0 Å². The lowest BCUT2D eigenvalue weighted by atomic mass is 10.0. The smallest absolute Gasteiger partial charge is 0.128 e. The third-order valence-electron chi connectivity index (χ3n) is 3.59. The Kier molecular flexibility index (Phi) is 5.27. The Hall–Kier alpha value is -1.51. The maximum absolute atomic E-state index is 6.17. The van der Waals surface area contributed by atoms with Crippen molar-refractivity contribution < 1.29 is 4.74 Å². The van der Waals surface area contributed by atoms with Gasteiger partial charge < -0.3 is 10.5 Å². The van der Waals surface area contributed by atoms with Gasteiger partial charge in [0.15, 0.2) is 0 Å². The Morgan fingerprint density at radius 1 is 1.05 bits per heavy atom. The van der Waals surface area contributed by atoms with Gasteiger partial charge in [-0.3, -0.25) is 0 Å². The number of hydrogen-bond acceptors (Lipinski definition) is 2. The van der Waals surface area contributed by atoms with Crippen LogP contribution in [0.4, 0.5) is 0 Å². The Balaban J connectivity index is 2.10. The van der Waals surface area contributed by atoms with Crippen LogP contribution >= 0.6 is 11.6 Å². The maximum atomic E-state index is 6.17. The number of nitrogens with two attached hydrogens (primary N) is 1. The van der Waals surface area contributed by atoms with Crippen LogP contribution in [0.1, 0.15) is 30.0 Å². The monoisotopic (exact) mass is 303 g/mol. The van der Waals surface area contributed by atoms with Crippen molar-refractivity contribution in [2.24, 2.45) is 5.73 Å². The van der Waals surface area contributed by atoms with E-state index in [-0.39, 0.29) is 6.04 Å². The predicted octanol–water partition coefficient (Wildman–Crippen LogP) is 5.03. The van der Waals surface area contributed by atoms with E-state index in [1.165, 1.54) is 5.56 Å². The van der Waals surface area contributed by atoms with E-state index in [0.717, 1.165) is 40.5 Å². The summed E-state index contributed by atoms with van der Waals surface area (Å²) in [5, 5.41) is 0.797. The zero-order valence-electron chi connectivity index (χ0n) is 12.8. The van der Waals surface area contributed by atoms with Gasteiger partial charge >= 0.3 is 0 Å². The predicted molar refractivity (Wildman–Crippen MR) is 89.4 cm³/mol. The molecular weight excluding hydrogens is 282 g/mol. The fraction of sp³-hybridized carbons (Fsp3) is 0.333. The van der Waals surface area contributed by atoms with E-state index in [0.29, 0.717) is 0 Å². The first-order chi connectivity index (χ1) is 9.99.